The summed E-state index contributed by atoms with van der Waals surface area (Å²) in [7, 11) is 5.32. The van der Waals surface area contributed by atoms with Crippen LogP contribution in [0, 0.1) is 0 Å². The molecular formula is C18H22N4O3. The first kappa shape index (κ1) is 18.4. The summed E-state index contributed by atoms with van der Waals surface area (Å²) >= 11 is 0. The highest BCUT2D eigenvalue weighted by molar-refractivity contribution is 6.04. The Morgan fingerprint density at radius 3 is 2.32 bits per heavy atom. The Kier molecular flexibility index (Phi) is 6.47. The summed E-state index contributed by atoms with van der Waals surface area (Å²) in [6, 6.07) is 9.96. The van der Waals surface area contributed by atoms with Crippen molar-refractivity contribution in [3.8, 4) is 0 Å². The van der Waals surface area contributed by atoms with Gasteiger partial charge in [-0.15, -0.1) is 0 Å². The zero-order valence-electron chi connectivity index (χ0n) is 14.6. The van der Waals surface area contributed by atoms with Gasteiger partial charge in [-0.25, -0.2) is 9.78 Å². The minimum absolute atomic E-state index is 0.266. The fourth-order valence-electron chi connectivity index (χ4n) is 2.05. The normalized spacial score (nSPS) is 10.4. The summed E-state index contributed by atoms with van der Waals surface area (Å²) in [4.78, 5) is 29.9. The Balaban J connectivity index is 1.93. The van der Waals surface area contributed by atoms with Gasteiger partial charge in [-0.1, -0.05) is 0 Å². The lowest BCUT2D eigenvalue weighted by Gasteiger charge is -2.11. The third kappa shape index (κ3) is 5.58. The molecule has 0 unspecified atom stereocenters. The Labute approximate surface area is 147 Å². The number of benzene rings is 1. The van der Waals surface area contributed by atoms with Crippen molar-refractivity contribution in [3.63, 3.8) is 0 Å². The lowest BCUT2D eigenvalue weighted by Crippen LogP contribution is -2.21. The highest BCUT2D eigenvalue weighted by Gasteiger charge is 2.09. The number of likely N-dealkylation sites (N-methyl/N-ethyl adjacent to an activating group) is 1. The smallest absolute Gasteiger partial charge is 0.337 e. The summed E-state index contributed by atoms with van der Waals surface area (Å²) in [5.74, 6) is 0.0402. The Morgan fingerprint density at radius 2 is 1.76 bits per heavy atom. The van der Waals surface area contributed by atoms with E-state index in [4.69, 9.17) is 0 Å². The van der Waals surface area contributed by atoms with Crippen molar-refractivity contribution in [2.45, 2.75) is 0 Å². The number of methoxy groups -OCH3 is 1. The SMILES string of the molecule is COC(=O)c1ccc(NC(=O)c2ccc(NCCN(C)C)nc2)cc1. The maximum Gasteiger partial charge on any atom is 0.337 e. The molecule has 0 atom stereocenters. The summed E-state index contributed by atoms with van der Waals surface area (Å²) in [5.41, 5.74) is 1.47. The topological polar surface area (TPSA) is 83.6 Å². The molecule has 0 spiro atoms. The fraction of sp³-hybridized carbons (Fsp3) is 0.278. The maximum absolute atomic E-state index is 12.2. The molecule has 7 nitrogen and oxygen atoms in total. The van der Waals surface area contributed by atoms with Crippen LogP contribution < -0.4 is 10.6 Å². The molecule has 132 valence electrons. The first-order valence-electron chi connectivity index (χ1n) is 7.84. The van der Waals surface area contributed by atoms with Crippen molar-refractivity contribution in [3.05, 3.63) is 53.7 Å². The predicted molar refractivity (Wildman–Crippen MR) is 97.0 cm³/mol. The zero-order chi connectivity index (χ0) is 18.2. The highest BCUT2D eigenvalue weighted by Crippen LogP contribution is 2.13. The summed E-state index contributed by atoms with van der Waals surface area (Å²) in [5, 5.41) is 5.95. The van der Waals surface area contributed by atoms with Crippen molar-refractivity contribution in [2.24, 2.45) is 0 Å². The van der Waals surface area contributed by atoms with Crippen LogP contribution in [0.1, 0.15) is 20.7 Å². The van der Waals surface area contributed by atoms with Crippen LogP contribution in [0.25, 0.3) is 0 Å². The molecule has 0 saturated carbocycles. The van der Waals surface area contributed by atoms with E-state index in [1.165, 1.54) is 13.3 Å². The number of ether oxygens (including phenoxy) is 1. The molecule has 0 aliphatic heterocycles. The number of carbonyl (C=O) groups excluding carboxylic acids is 2. The van der Waals surface area contributed by atoms with E-state index in [0.29, 0.717) is 16.8 Å². The van der Waals surface area contributed by atoms with Gasteiger partial charge in [0, 0.05) is 25.0 Å². The average molecular weight is 342 g/mol. The number of esters is 1. The monoisotopic (exact) mass is 342 g/mol. The molecule has 0 saturated heterocycles. The third-order valence-corrected chi connectivity index (χ3v) is 3.45. The molecule has 0 radical (unpaired) electrons. The van der Waals surface area contributed by atoms with E-state index in [1.807, 2.05) is 14.1 Å². The second-order valence-electron chi connectivity index (χ2n) is 5.69. The number of hydrogen-bond donors (Lipinski definition) is 2. The fourth-order valence-corrected chi connectivity index (χ4v) is 2.05. The van der Waals surface area contributed by atoms with Gasteiger partial charge in [0.15, 0.2) is 0 Å². The third-order valence-electron chi connectivity index (χ3n) is 3.45. The summed E-state index contributed by atoms with van der Waals surface area (Å²) in [6.45, 7) is 1.67. The number of pyridine rings is 1. The van der Waals surface area contributed by atoms with Crippen molar-refractivity contribution in [1.29, 1.82) is 0 Å². The molecule has 25 heavy (non-hydrogen) atoms. The number of hydrogen-bond acceptors (Lipinski definition) is 6. The van der Waals surface area contributed by atoms with Gasteiger partial charge in [0.25, 0.3) is 5.91 Å². The minimum Gasteiger partial charge on any atom is -0.465 e. The Bertz CT molecular complexity index is 712. The molecule has 7 heteroatoms. The second-order valence-corrected chi connectivity index (χ2v) is 5.69. The molecule has 1 aromatic carbocycles. The number of nitrogens with one attached hydrogen (secondary N) is 2. The molecule has 0 aliphatic carbocycles. The molecular weight excluding hydrogens is 320 g/mol. The molecule has 0 aliphatic rings. The van der Waals surface area contributed by atoms with Crippen LogP contribution in [0.2, 0.25) is 0 Å². The van der Waals surface area contributed by atoms with Crippen LogP contribution in [0.15, 0.2) is 42.6 Å². The van der Waals surface area contributed by atoms with E-state index in [0.717, 1.165) is 18.9 Å². The number of rotatable bonds is 7. The molecule has 2 N–H and O–H groups in total. The standard InChI is InChI=1S/C18H22N4O3/c1-22(2)11-10-19-16-9-6-14(12-20-16)17(23)21-15-7-4-13(5-8-15)18(24)25-3/h4-9,12H,10-11H2,1-3H3,(H,19,20)(H,21,23). The quantitative estimate of drug-likeness (QED) is 0.750. The number of carbonyl (C=O) groups is 2. The van der Waals surface area contributed by atoms with Gasteiger partial charge in [0.2, 0.25) is 0 Å². The molecule has 1 aromatic heterocycles. The Morgan fingerprint density at radius 1 is 1.08 bits per heavy atom. The highest BCUT2D eigenvalue weighted by atomic mass is 16.5. The van der Waals surface area contributed by atoms with Crippen LogP contribution in [-0.2, 0) is 4.74 Å². The molecule has 1 amide bonds. The first-order valence-corrected chi connectivity index (χ1v) is 7.84. The van der Waals surface area contributed by atoms with Crippen LogP contribution in [0.3, 0.4) is 0 Å². The molecule has 0 bridgehead atoms. The van der Waals surface area contributed by atoms with Gasteiger partial charge in [0.1, 0.15) is 5.82 Å². The van der Waals surface area contributed by atoms with Gasteiger partial charge in [-0.2, -0.15) is 0 Å². The number of nitrogens with zero attached hydrogens (tertiary/aromatic N) is 2. The van der Waals surface area contributed by atoms with Crippen molar-refractivity contribution in [2.75, 3.05) is 44.9 Å². The van der Waals surface area contributed by atoms with Gasteiger partial charge in [-0.3, -0.25) is 4.79 Å². The van der Waals surface area contributed by atoms with Gasteiger partial charge in [-0.05, 0) is 50.5 Å². The molecule has 2 rings (SSSR count). The lowest BCUT2D eigenvalue weighted by atomic mass is 10.2. The van der Waals surface area contributed by atoms with E-state index in [2.05, 4.69) is 25.3 Å². The number of anilines is 2. The van der Waals surface area contributed by atoms with Crippen molar-refractivity contribution < 1.29 is 14.3 Å². The van der Waals surface area contributed by atoms with E-state index in [1.54, 1.807) is 36.4 Å². The predicted octanol–water partition coefficient (Wildman–Crippen LogP) is 2.09. The van der Waals surface area contributed by atoms with Crippen molar-refractivity contribution in [1.82, 2.24) is 9.88 Å². The van der Waals surface area contributed by atoms with Gasteiger partial charge < -0.3 is 20.3 Å². The van der Waals surface area contributed by atoms with E-state index in [-0.39, 0.29) is 5.91 Å². The summed E-state index contributed by atoms with van der Waals surface area (Å²) < 4.78 is 4.64. The maximum atomic E-state index is 12.2. The number of aromatic nitrogens is 1. The molecule has 2 aromatic rings. The summed E-state index contributed by atoms with van der Waals surface area (Å²) in [6.07, 6.45) is 1.52. The van der Waals surface area contributed by atoms with Crippen LogP contribution >= 0.6 is 0 Å². The van der Waals surface area contributed by atoms with Crippen molar-refractivity contribution >= 4 is 23.4 Å². The molecule has 0 fully saturated rings. The van der Waals surface area contributed by atoms with Crippen LogP contribution in [0.4, 0.5) is 11.5 Å². The van der Waals surface area contributed by atoms with Crippen LogP contribution in [0.5, 0.6) is 0 Å². The van der Waals surface area contributed by atoms with E-state index >= 15 is 0 Å². The first-order chi connectivity index (χ1) is 12.0. The number of amides is 1. The molecule has 1 heterocycles. The minimum atomic E-state index is -0.417. The zero-order valence-corrected chi connectivity index (χ0v) is 14.6. The average Bonchev–Trinajstić information content (AvgIpc) is 2.62. The van der Waals surface area contributed by atoms with E-state index < -0.39 is 5.97 Å². The second kappa shape index (κ2) is 8.79. The Hall–Kier alpha value is -2.93. The largest absolute Gasteiger partial charge is 0.465 e. The van der Waals surface area contributed by atoms with Gasteiger partial charge >= 0.3 is 5.97 Å². The lowest BCUT2D eigenvalue weighted by molar-refractivity contribution is 0.0600. The van der Waals surface area contributed by atoms with Crippen LogP contribution in [-0.4, -0.2) is 56.1 Å². The van der Waals surface area contributed by atoms with Gasteiger partial charge in [0.05, 0.1) is 18.2 Å². The van der Waals surface area contributed by atoms with E-state index in [9.17, 15) is 9.59 Å².